The van der Waals surface area contributed by atoms with Crippen molar-refractivity contribution >= 4 is 22.6 Å². The minimum Gasteiger partial charge on any atom is -0.379 e. The van der Waals surface area contributed by atoms with Crippen LogP contribution in [-0.4, -0.2) is 34.3 Å². The number of nitrogens with two attached hydrogens (primary N) is 1. The summed E-state index contributed by atoms with van der Waals surface area (Å²) in [5, 5.41) is 0.216. The molecular weight excluding hydrogens is 382 g/mol. The van der Waals surface area contributed by atoms with Crippen molar-refractivity contribution in [3.8, 4) is 11.1 Å². The molecule has 3 atom stereocenters. The van der Waals surface area contributed by atoms with Crippen molar-refractivity contribution in [2.45, 2.75) is 30.7 Å². The molecule has 2 N–H and O–H groups in total. The Bertz CT molecular complexity index is 1010. The SMILES string of the molecule is [C-]#[N+]c1cncc(-c2ccc(F)c([C@]34CO[C@@H](C)C[C@@]3(F)CSC(N)=N4)c2)c1. The number of aliphatic imine (C=N–C) groups is 1. The molecule has 1 aromatic carbocycles. The topological polar surface area (TPSA) is 64.9 Å². The Morgan fingerprint density at radius 2 is 2.14 bits per heavy atom. The Hall–Kier alpha value is -2.50. The largest absolute Gasteiger partial charge is 0.379 e. The van der Waals surface area contributed by atoms with Gasteiger partial charge in [-0.1, -0.05) is 17.8 Å². The molecule has 2 aliphatic heterocycles. The molecule has 0 bridgehead atoms. The summed E-state index contributed by atoms with van der Waals surface area (Å²) in [6.45, 7) is 8.86. The molecule has 2 aliphatic rings. The first-order valence-corrected chi connectivity index (χ1v) is 9.77. The quantitative estimate of drug-likeness (QED) is 0.767. The third-order valence-corrected chi connectivity index (χ3v) is 6.27. The number of aromatic nitrogens is 1. The first-order valence-electron chi connectivity index (χ1n) is 8.78. The molecule has 1 saturated heterocycles. The van der Waals surface area contributed by atoms with E-state index in [-0.39, 0.29) is 35.6 Å². The summed E-state index contributed by atoms with van der Waals surface area (Å²) in [5.41, 5.74) is 4.33. The Kier molecular flexibility index (Phi) is 4.60. The number of pyridine rings is 1. The van der Waals surface area contributed by atoms with E-state index < -0.39 is 17.0 Å². The van der Waals surface area contributed by atoms with Crippen LogP contribution in [0.2, 0.25) is 0 Å². The van der Waals surface area contributed by atoms with Gasteiger partial charge in [-0.05, 0) is 36.2 Å². The lowest BCUT2D eigenvalue weighted by Crippen LogP contribution is -2.60. The molecule has 0 radical (unpaired) electrons. The van der Waals surface area contributed by atoms with Crippen LogP contribution >= 0.6 is 11.8 Å². The maximum absolute atomic E-state index is 16.1. The Morgan fingerprint density at radius 1 is 1.32 bits per heavy atom. The average molecular weight is 400 g/mol. The van der Waals surface area contributed by atoms with Gasteiger partial charge in [0.15, 0.2) is 10.8 Å². The third kappa shape index (κ3) is 2.95. The van der Waals surface area contributed by atoms with Crippen LogP contribution in [0.5, 0.6) is 0 Å². The predicted molar refractivity (Wildman–Crippen MR) is 106 cm³/mol. The van der Waals surface area contributed by atoms with Gasteiger partial charge in [0.1, 0.15) is 11.4 Å². The van der Waals surface area contributed by atoms with Crippen LogP contribution in [0.25, 0.3) is 16.0 Å². The van der Waals surface area contributed by atoms with Gasteiger partial charge in [0.2, 0.25) is 5.69 Å². The van der Waals surface area contributed by atoms with Crippen molar-refractivity contribution < 1.29 is 13.5 Å². The summed E-state index contributed by atoms with van der Waals surface area (Å²) < 4.78 is 36.8. The van der Waals surface area contributed by atoms with Crippen LogP contribution in [0.4, 0.5) is 14.5 Å². The van der Waals surface area contributed by atoms with Crippen molar-refractivity contribution in [3.63, 3.8) is 0 Å². The van der Waals surface area contributed by atoms with Gasteiger partial charge in [-0.25, -0.2) is 18.6 Å². The van der Waals surface area contributed by atoms with Crippen LogP contribution in [0.3, 0.4) is 0 Å². The van der Waals surface area contributed by atoms with E-state index in [0.717, 1.165) is 11.8 Å². The van der Waals surface area contributed by atoms with Crippen molar-refractivity contribution in [2.24, 2.45) is 10.7 Å². The zero-order valence-electron chi connectivity index (χ0n) is 15.2. The van der Waals surface area contributed by atoms with E-state index in [1.165, 1.54) is 12.3 Å². The highest BCUT2D eigenvalue weighted by molar-refractivity contribution is 8.13. The molecule has 0 spiro atoms. The average Bonchev–Trinajstić information content (AvgIpc) is 2.69. The second-order valence-corrected chi connectivity index (χ2v) is 8.12. The van der Waals surface area contributed by atoms with Crippen LogP contribution in [0.15, 0.2) is 41.7 Å². The fourth-order valence-corrected chi connectivity index (χ4v) is 4.80. The van der Waals surface area contributed by atoms with Crippen molar-refractivity contribution in [1.29, 1.82) is 0 Å². The van der Waals surface area contributed by atoms with E-state index in [2.05, 4.69) is 14.8 Å². The van der Waals surface area contributed by atoms with Crippen molar-refractivity contribution in [1.82, 2.24) is 4.98 Å². The molecule has 0 saturated carbocycles. The molecule has 8 heteroatoms. The first-order chi connectivity index (χ1) is 13.4. The predicted octanol–water partition coefficient (Wildman–Crippen LogP) is 4.21. The molecule has 1 aromatic heterocycles. The van der Waals surface area contributed by atoms with E-state index in [9.17, 15) is 4.39 Å². The molecule has 4 rings (SSSR count). The molecule has 0 aliphatic carbocycles. The molecule has 144 valence electrons. The molecule has 2 aromatic rings. The van der Waals surface area contributed by atoms with Crippen LogP contribution < -0.4 is 5.73 Å². The fourth-order valence-electron chi connectivity index (χ4n) is 3.84. The number of hydrogen-bond donors (Lipinski definition) is 1. The minimum atomic E-state index is -1.78. The lowest BCUT2D eigenvalue weighted by atomic mass is 9.72. The van der Waals surface area contributed by atoms with Gasteiger partial charge in [-0.2, -0.15) is 0 Å². The van der Waals surface area contributed by atoms with Crippen molar-refractivity contribution in [3.05, 3.63) is 59.5 Å². The highest BCUT2D eigenvalue weighted by atomic mass is 32.2. The fraction of sp³-hybridized carbons (Fsp3) is 0.350. The molecule has 3 heterocycles. The third-order valence-electron chi connectivity index (χ3n) is 5.28. The zero-order chi connectivity index (χ0) is 19.9. The number of thioether (sulfide) groups is 1. The summed E-state index contributed by atoms with van der Waals surface area (Å²) in [6, 6.07) is 6.10. The van der Waals surface area contributed by atoms with E-state index in [4.69, 9.17) is 17.0 Å². The van der Waals surface area contributed by atoms with Gasteiger partial charge in [-0.15, -0.1) is 0 Å². The number of halogens is 2. The van der Waals surface area contributed by atoms with Gasteiger partial charge >= 0.3 is 0 Å². The summed E-state index contributed by atoms with van der Waals surface area (Å²) >= 11 is 1.14. The maximum atomic E-state index is 16.1. The molecular formula is C20H18F2N4OS. The number of rotatable bonds is 2. The summed E-state index contributed by atoms with van der Waals surface area (Å²) in [7, 11) is 0. The van der Waals surface area contributed by atoms with E-state index in [1.54, 1.807) is 31.3 Å². The molecule has 5 nitrogen and oxygen atoms in total. The van der Waals surface area contributed by atoms with Crippen molar-refractivity contribution in [2.75, 3.05) is 12.4 Å². The van der Waals surface area contributed by atoms with Crippen LogP contribution in [-0.2, 0) is 10.3 Å². The Labute approximate surface area is 165 Å². The van der Waals surface area contributed by atoms with Gasteiger partial charge < -0.3 is 10.5 Å². The zero-order valence-corrected chi connectivity index (χ0v) is 16.0. The summed E-state index contributed by atoms with van der Waals surface area (Å²) in [5.74, 6) is -0.476. The Balaban J connectivity index is 1.89. The van der Waals surface area contributed by atoms with Crippen LogP contribution in [0.1, 0.15) is 18.9 Å². The lowest BCUT2D eigenvalue weighted by molar-refractivity contribution is -0.107. The minimum absolute atomic E-state index is 0.0906. The van der Waals surface area contributed by atoms with Gasteiger partial charge in [0, 0.05) is 30.1 Å². The highest BCUT2D eigenvalue weighted by Gasteiger charge is 2.60. The number of hydrogen-bond acceptors (Lipinski definition) is 5. The number of benzene rings is 1. The second kappa shape index (κ2) is 6.83. The summed E-state index contributed by atoms with van der Waals surface area (Å²) in [6.07, 6.45) is 2.85. The molecule has 0 unspecified atom stereocenters. The molecule has 28 heavy (non-hydrogen) atoms. The smallest absolute Gasteiger partial charge is 0.205 e. The highest BCUT2D eigenvalue weighted by Crippen LogP contribution is 2.52. The standard InChI is InChI=1S/C20H18F2N4OS/c1-12-7-19(22)11-28-18(23)26-20(19,10-27-12)16-6-13(3-4-17(16)21)14-5-15(24-2)9-25-8-14/h3-6,8-9,12H,7,10-11H2,1H3,(H2,23,26)/t12-,19+,20+/m0/s1. The Morgan fingerprint density at radius 3 is 2.93 bits per heavy atom. The van der Waals surface area contributed by atoms with Crippen LogP contribution in [0, 0.1) is 12.4 Å². The van der Waals surface area contributed by atoms with Gasteiger partial charge in [-0.3, -0.25) is 4.98 Å². The first kappa shape index (κ1) is 18.8. The molecule has 1 fully saturated rings. The molecule has 0 amide bonds. The number of ether oxygens (including phenoxy) is 1. The van der Waals surface area contributed by atoms with Gasteiger partial charge in [0.25, 0.3) is 0 Å². The second-order valence-electron chi connectivity index (χ2n) is 7.13. The number of amidine groups is 1. The van der Waals surface area contributed by atoms with E-state index in [0.29, 0.717) is 16.8 Å². The van der Waals surface area contributed by atoms with Gasteiger partial charge in [0.05, 0.1) is 19.3 Å². The number of fused-ring (bicyclic) bond motifs is 1. The maximum Gasteiger partial charge on any atom is 0.205 e. The summed E-state index contributed by atoms with van der Waals surface area (Å²) in [4.78, 5) is 11.8. The number of nitrogens with zero attached hydrogens (tertiary/aromatic N) is 3. The van der Waals surface area contributed by atoms with E-state index >= 15 is 4.39 Å². The normalized spacial score (nSPS) is 29.5. The van der Waals surface area contributed by atoms with E-state index in [1.807, 2.05) is 0 Å². The number of alkyl halides is 1. The monoisotopic (exact) mass is 400 g/mol. The lowest BCUT2D eigenvalue weighted by Gasteiger charge is -2.49.